The quantitative estimate of drug-likeness (QED) is 0.650. The Labute approximate surface area is 104 Å². The fourth-order valence-corrected chi connectivity index (χ4v) is 2.80. The second-order valence-corrected chi connectivity index (χ2v) is 5.36. The largest absolute Gasteiger partial charge is 0.271 e. The first-order chi connectivity index (χ1) is 7.70. The van der Waals surface area contributed by atoms with Crippen LogP contribution in [0, 0.1) is 6.92 Å². The Bertz CT molecular complexity index is 481. The van der Waals surface area contributed by atoms with E-state index in [1.165, 1.54) is 9.75 Å². The fraction of sp³-hybridized carbons (Fsp3) is 0.167. The molecule has 4 heteroatoms. The van der Waals surface area contributed by atoms with Gasteiger partial charge in [0, 0.05) is 14.8 Å². The Hall–Kier alpha value is -0.870. The molecular formula is C12H13ClN2S. The summed E-state index contributed by atoms with van der Waals surface area (Å²) < 4.78 is 0. The summed E-state index contributed by atoms with van der Waals surface area (Å²) in [6.45, 7) is 2.08. The average Bonchev–Trinajstić information content (AvgIpc) is 2.66. The van der Waals surface area contributed by atoms with E-state index in [-0.39, 0.29) is 6.04 Å². The molecule has 0 bridgehead atoms. The predicted molar refractivity (Wildman–Crippen MR) is 69.7 cm³/mol. The molecule has 2 nitrogen and oxygen atoms in total. The van der Waals surface area contributed by atoms with Crippen molar-refractivity contribution in [3.05, 3.63) is 56.7 Å². The van der Waals surface area contributed by atoms with Crippen molar-refractivity contribution in [1.29, 1.82) is 0 Å². The molecule has 1 atom stereocenters. The maximum atomic E-state index is 5.97. The van der Waals surface area contributed by atoms with Crippen molar-refractivity contribution < 1.29 is 0 Å². The number of nitrogens with two attached hydrogens (primary N) is 1. The molecule has 16 heavy (non-hydrogen) atoms. The van der Waals surface area contributed by atoms with Crippen LogP contribution in [0.3, 0.4) is 0 Å². The monoisotopic (exact) mass is 252 g/mol. The summed E-state index contributed by atoms with van der Waals surface area (Å²) in [5.74, 6) is 5.61. The van der Waals surface area contributed by atoms with Crippen molar-refractivity contribution in [1.82, 2.24) is 5.43 Å². The Morgan fingerprint density at radius 2 is 2.12 bits per heavy atom. The van der Waals surface area contributed by atoms with Gasteiger partial charge in [-0.1, -0.05) is 23.7 Å². The minimum atomic E-state index is 0.0115. The van der Waals surface area contributed by atoms with Gasteiger partial charge in [0.15, 0.2) is 0 Å². The third kappa shape index (κ3) is 2.44. The molecule has 1 unspecified atom stereocenters. The molecule has 1 aromatic heterocycles. The predicted octanol–water partition coefficient (Wildman–Crippen LogP) is 3.26. The maximum Gasteiger partial charge on any atom is 0.0803 e. The van der Waals surface area contributed by atoms with Crippen molar-refractivity contribution >= 4 is 22.9 Å². The van der Waals surface area contributed by atoms with Crippen LogP contribution in [0.25, 0.3) is 0 Å². The molecule has 0 saturated carbocycles. The van der Waals surface area contributed by atoms with Crippen molar-refractivity contribution in [2.45, 2.75) is 13.0 Å². The highest BCUT2D eigenvalue weighted by Crippen LogP contribution is 2.28. The van der Waals surface area contributed by atoms with Gasteiger partial charge in [0.25, 0.3) is 0 Å². The third-order valence-electron chi connectivity index (χ3n) is 2.39. The molecule has 1 heterocycles. The highest BCUT2D eigenvalue weighted by Gasteiger charge is 2.14. The Morgan fingerprint density at radius 3 is 2.69 bits per heavy atom. The number of aryl methyl sites for hydroxylation is 1. The molecule has 1 aromatic carbocycles. The zero-order chi connectivity index (χ0) is 11.5. The van der Waals surface area contributed by atoms with Gasteiger partial charge in [-0.05, 0) is 36.8 Å². The summed E-state index contributed by atoms with van der Waals surface area (Å²) in [5.41, 5.74) is 3.91. The molecule has 2 rings (SSSR count). The standard InChI is InChI=1S/C12H13ClN2S/c1-8-5-6-11(16-8)12(15-14)9-3-2-4-10(13)7-9/h2-7,12,15H,14H2,1H3. The summed E-state index contributed by atoms with van der Waals surface area (Å²) in [6.07, 6.45) is 0. The lowest BCUT2D eigenvalue weighted by Gasteiger charge is -2.14. The van der Waals surface area contributed by atoms with E-state index in [0.29, 0.717) is 0 Å². The number of halogens is 1. The van der Waals surface area contributed by atoms with Crippen LogP contribution < -0.4 is 11.3 Å². The molecule has 84 valence electrons. The Kier molecular flexibility index (Phi) is 3.61. The van der Waals surface area contributed by atoms with Crippen LogP contribution >= 0.6 is 22.9 Å². The number of thiophene rings is 1. The summed E-state index contributed by atoms with van der Waals surface area (Å²) in [4.78, 5) is 2.47. The molecule has 0 amide bonds. The van der Waals surface area contributed by atoms with E-state index >= 15 is 0 Å². The van der Waals surface area contributed by atoms with E-state index in [9.17, 15) is 0 Å². The molecule has 0 radical (unpaired) electrons. The van der Waals surface area contributed by atoms with E-state index in [1.54, 1.807) is 11.3 Å². The smallest absolute Gasteiger partial charge is 0.0803 e. The first-order valence-electron chi connectivity index (χ1n) is 4.98. The lowest BCUT2D eigenvalue weighted by Crippen LogP contribution is -2.28. The van der Waals surface area contributed by atoms with Gasteiger partial charge in [0.1, 0.15) is 0 Å². The van der Waals surface area contributed by atoms with Gasteiger partial charge in [-0.2, -0.15) is 0 Å². The van der Waals surface area contributed by atoms with Crippen molar-refractivity contribution in [3.8, 4) is 0 Å². The number of hydrogen-bond donors (Lipinski definition) is 2. The topological polar surface area (TPSA) is 38.0 Å². The number of benzene rings is 1. The van der Waals surface area contributed by atoms with E-state index in [0.717, 1.165) is 10.6 Å². The minimum Gasteiger partial charge on any atom is -0.271 e. The summed E-state index contributed by atoms with van der Waals surface area (Å²) in [6, 6.07) is 11.9. The molecule has 0 spiro atoms. The second-order valence-electron chi connectivity index (χ2n) is 3.60. The summed E-state index contributed by atoms with van der Waals surface area (Å²) >= 11 is 7.71. The van der Waals surface area contributed by atoms with E-state index in [2.05, 4.69) is 24.5 Å². The first kappa shape index (κ1) is 11.6. The highest BCUT2D eigenvalue weighted by molar-refractivity contribution is 7.12. The normalized spacial score (nSPS) is 12.7. The van der Waals surface area contributed by atoms with Gasteiger partial charge in [0.2, 0.25) is 0 Å². The van der Waals surface area contributed by atoms with Crippen LogP contribution in [-0.4, -0.2) is 0 Å². The zero-order valence-corrected chi connectivity index (χ0v) is 10.5. The molecule has 0 aliphatic heterocycles. The summed E-state index contributed by atoms with van der Waals surface area (Å²) in [7, 11) is 0. The molecule has 0 aliphatic rings. The molecule has 0 aliphatic carbocycles. The first-order valence-corrected chi connectivity index (χ1v) is 6.18. The molecule has 0 fully saturated rings. The SMILES string of the molecule is Cc1ccc(C(NN)c2cccc(Cl)c2)s1. The van der Waals surface area contributed by atoms with Gasteiger partial charge in [-0.25, -0.2) is 5.43 Å². The lowest BCUT2D eigenvalue weighted by molar-refractivity contribution is 0.646. The minimum absolute atomic E-state index is 0.0115. The van der Waals surface area contributed by atoms with Gasteiger partial charge in [-0.3, -0.25) is 5.84 Å². The van der Waals surface area contributed by atoms with Gasteiger partial charge in [-0.15, -0.1) is 11.3 Å². The Morgan fingerprint density at radius 1 is 1.31 bits per heavy atom. The highest BCUT2D eigenvalue weighted by atomic mass is 35.5. The second kappa shape index (κ2) is 4.97. The van der Waals surface area contributed by atoms with Crippen LogP contribution in [0.4, 0.5) is 0 Å². The van der Waals surface area contributed by atoms with Crippen LogP contribution in [-0.2, 0) is 0 Å². The number of nitrogens with one attached hydrogen (secondary N) is 1. The third-order valence-corrected chi connectivity index (χ3v) is 3.69. The number of hydrogen-bond acceptors (Lipinski definition) is 3. The van der Waals surface area contributed by atoms with Crippen molar-refractivity contribution in [3.63, 3.8) is 0 Å². The van der Waals surface area contributed by atoms with Gasteiger partial charge in [0.05, 0.1) is 6.04 Å². The van der Waals surface area contributed by atoms with Crippen LogP contribution in [0.5, 0.6) is 0 Å². The Balaban J connectivity index is 2.36. The van der Waals surface area contributed by atoms with Crippen LogP contribution in [0.2, 0.25) is 5.02 Å². The van der Waals surface area contributed by atoms with E-state index in [4.69, 9.17) is 17.4 Å². The summed E-state index contributed by atoms with van der Waals surface area (Å²) in [5, 5.41) is 0.728. The number of rotatable bonds is 3. The lowest BCUT2D eigenvalue weighted by atomic mass is 10.1. The molecular weight excluding hydrogens is 240 g/mol. The average molecular weight is 253 g/mol. The van der Waals surface area contributed by atoms with E-state index in [1.807, 2.05) is 24.3 Å². The maximum absolute atomic E-state index is 5.97. The zero-order valence-electron chi connectivity index (χ0n) is 8.91. The molecule has 0 saturated heterocycles. The van der Waals surface area contributed by atoms with E-state index < -0.39 is 0 Å². The van der Waals surface area contributed by atoms with Crippen molar-refractivity contribution in [2.75, 3.05) is 0 Å². The van der Waals surface area contributed by atoms with Crippen LogP contribution in [0.1, 0.15) is 21.4 Å². The van der Waals surface area contributed by atoms with Crippen molar-refractivity contribution in [2.24, 2.45) is 5.84 Å². The molecule has 3 N–H and O–H groups in total. The number of hydrazine groups is 1. The fourth-order valence-electron chi connectivity index (χ4n) is 1.64. The van der Waals surface area contributed by atoms with Gasteiger partial charge >= 0.3 is 0 Å². The van der Waals surface area contributed by atoms with Gasteiger partial charge < -0.3 is 0 Å². The van der Waals surface area contributed by atoms with Crippen LogP contribution in [0.15, 0.2) is 36.4 Å². The molecule has 2 aromatic rings.